The Morgan fingerprint density at radius 2 is 1.45 bits per heavy atom. The van der Waals surface area contributed by atoms with Crippen molar-refractivity contribution in [3.05, 3.63) is 76.9 Å². The molecular weight excluding hydrogens is 396 g/mol. The Hall–Kier alpha value is -3.80. The standard InChI is InChI=1S/C25H22O6/c1-28-22-13-24(30-3)23(29-2)12-20(22)25(27)31-14-21(26)17-9-8-16-10-15-6-4-5-7-18(15)19(16)11-17/h4-9,11-13H,10,14H2,1-3H3. The lowest BCUT2D eigenvalue weighted by atomic mass is 10.0. The van der Waals surface area contributed by atoms with Gasteiger partial charge in [-0.25, -0.2) is 4.79 Å². The highest BCUT2D eigenvalue weighted by Gasteiger charge is 2.22. The molecule has 0 atom stereocenters. The van der Waals surface area contributed by atoms with Crippen molar-refractivity contribution in [2.24, 2.45) is 0 Å². The minimum absolute atomic E-state index is 0.149. The molecule has 1 aliphatic carbocycles. The zero-order valence-corrected chi connectivity index (χ0v) is 17.6. The molecule has 0 saturated carbocycles. The molecule has 158 valence electrons. The summed E-state index contributed by atoms with van der Waals surface area (Å²) in [6, 6.07) is 16.8. The van der Waals surface area contributed by atoms with Crippen molar-refractivity contribution < 1.29 is 28.5 Å². The molecule has 0 N–H and O–H groups in total. The second-order valence-electron chi connectivity index (χ2n) is 7.11. The zero-order chi connectivity index (χ0) is 22.0. The number of carbonyl (C=O) groups is 2. The van der Waals surface area contributed by atoms with E-state index in [4.69, 9.17) is 18.9 Å². The quantitative estimate of drug-likeness (QED) is 0.329. The van der Waals surface area contributed by atoms with Gasteiger partial charge in [-0.2, -0.15) is 0 Å². The third-order valence-corrected chi connectivity index (χ3v) is 5.38. The predicted molar refractivity (Wildman–Crippen MR) is 115 cm³/mol. The van der Waals surface area contributed by atoms with E-state index in [1.165, 1.54) is 44.6 Å². The van der Waals surface area contributed by atoms with E-state index in [-0.39, 0.29) is 23.7 Å². The maximum absolute atomic E-state index is 12.7. The first-order chi connectivity index (χ1) is 15.0. The largest absolute Gasteiger partial charge is 0.496 e. The van der Waals surface area contributed by atoms with Crippen molar-refractivity contribution in [3.63, 3.8) is 0 Å². The van der Waals surface area contributed by atoms with E-state index < -0.39 is 5.97 Å². The van der Waals surface area contributed by atoms with Crippen LogP contribution in [0.1, 0.15) is 31.8 Å². The first kappa shape index (κ1) is 20.5. The first-order valence-electron chi connectivity index (χ1n) is 9.77. The molecule has 6 nitrogen and oxygen atoms in total. The molecule has 3 aromatic rings. The summed E-state index contributed by atoms with van der Waals surface area (Å²) in [5, 5.41) is 0. The molecular formula is C25H22O6. The van der Waals surface area contributed by atoms with Gasteiger partial charge in [0, 0.05) is 17.7 Å². The number of rotatable bonds is 7. The highest BCUT2D eigenvalue weighted by Crippen LogP contribution is 2.37. The van der Waals surface area contributed by atoms with Crippen LogP contribution in [0.2, 0.25) is 0 Å². The van der Waals surface area contributed by atoms with Gasteiger partial charge >= 0.3 is 5.97 Å². The molecule has 0 radical (unpaired) electrons. The molecule has 3 aromatic carbocycles. The second kappa shape index (κ2) is 8.52. The van der Waals surface area contributed by atoms with Gasteiger partial charge in [-0.15, -0.1) is 0 Å². The van der Waals surface area contributed by atoms with Crippen molar-refractivity contribution in [1.29, 1.82) is 0 Å². The van der Waals surface area contributed by atoms with E-state index in [2.05, 4.69) is 12.1 Å². The number of Topliss-reactive ketones (excluding diaryl/α,β-unsaturated/α-hetero) is 1. The average molecular weight is 418 g/mol. The van der Waals surface area contributed by atoms with Gasteiger partial charge in [0.15, 0.2) is 23.9 Å². The number of hydrogen-bond acceptors (Lipinski definition) is 6. The third-order valence-electron chi connectivity index (χ3n) is 5.38. The summed E-state index contributed by atoms with van der Waals surface area (Å²) in [5.41, 5.74) is 5.27. The van der Waals surface area contributed by atoms with Crippen LogP contribution in [0.4, 0.5) is 0 Å². The lowest BCUT2D eigenvalue weighted by Crippen LogP contribution is -2.15. The summed E-state index contributed by atoms with van der Waals surface area (Å²) >= 11 is 0. The lowest BCUT2D eigenvalue weighted by Gasteiger charge is -2.13. The van der Waals surface area contributed by atoms with Crippen molar-refractivity contribution in [2.45, 2.75) is 6.42 Å². The van der Waals surface area contributed by atoms with Gasteiger partial charge < -0.3 is 18.9 Å². The van der Waals surface area contributed by atoms with Crippen LogP contribution in [0.15, 0.2) is 54.6 Å². The number of hydrogen-bond donors (Lipinski definition) is 0. The topological polar surface area (TPSA) is 71.1 Å². The van der Waals surface area contributed by atoms with Crippen LogP contribution < -0.4 is 14.2 Å². The lowest BCUT2D eigenvalue weighted by molar-refractivity contribution is 0.0471. The molecule has 1 aliphatic rings. The second-order valence-corrected chi connectivity index (χ2v) is 7.11. The van der Waals surface area contributed by atoms with Crippen LogP contribution >= 0.6 is 0 Å². The molecule has 0 aliphatic heterocycles. The molecule has 0 saturated heterocycles. The van der Waals surface area contributed by atoms with Gasteiger partial charge in [-0.05, 0) is 34.7 Å². The van der Waals surface area contributed by atoms with Gasteiger partial charge in [0.05, 0.1) is 21.3 Å². The zero-order valence-electron chi connectivity index (χ0n) is 17.6. The van der Waals surface area contributed by atoms with E-state index in [1.54, 1.807) is 6.07 Å². The molecule has 0 amide bonds. The maximum Gasteiger partial charge on any atom is 0.342 e. The maximum atomic E-state index is 12.7. The van der Waals surface area contributed by atoms with E-state index in [0.29, 0.717) is 17.1 Å². The Morgan fingerprint density at radius 1 is 0.774 bits per heavy atom. The minimum atomic E-state index is -0.683. The monoisotopic (exact) mass is 418 g/mol. The highest BCUT2D eigenvalue weighted by molar-refractivity contribution is 6.01. The number of ether oxygens (including phenoxy) is 4. The van der Waals surface area contributed by atoms with Crippen LogP contribution in [0.5, 0.6) is 17.2 Å². The summed E-state index contributed by atoms with van der Waals surface area (Å²) in [4.78, 5) is 25.3. The van der Waals surface area contributed by atoms with Crippen LogP contribution in [0, 0.1) is 0 Å². The number of fused-ring (bicyclic) bond motifs is 3. The fraction of sp³-hybridized carbons (Fsp3) is 0.200. The van der Waals surface area contributed by atoms with Gasteiger partial charge in [0.1, 0.15) is 11.3 Å². The fourth-order valence-electron chi connectivity index (χ4n) is 3.78. The number of esters is 1. The molecule has 4 rings (SSSR count). The minimum Gasteiger partial charge on any atom is -0.496 e. The average Bonchev–Trinajstić information content (AvgIpc) is 3.19. The SMILES string of the molecule is COc1cc(OC)c(C(=O)OCC(=O)c2ccc3c(c2)-c2ccccc2C3)cc1OC. The summed E-state index contributed by atoms with van der Waals surface area (Å²) in [7, 11) is 4.39. The Kier molecular flexibility index (Phi) is 5.62. The molecule has 31 heavy (non-hydrogen) atoms. The Morgan fingerprint density at radius 3 is 2.19 bits per heavy atom. The molecule has 0 spiro atoms. The Labute approximate surface area is 180 Å². The van der Waals surface area contributed by atoms with Crippen molar-refractivity contribution in [2.75, 3.05) is 27.9 Å². The number of carbonyl (C=O) groups excluding carboxylic acids is 2. The van der Waals surface area contributed by atoms with Crippen molar-refractivity contribution in [3.8, 4) is 28.4 Å². The third kappa shape index (κ3) is 3.84. The molecule has 0 fully saturated rings. The smallest absolute Gasteiger partial charge is 0.342 e. The number of ketones is 1. The van der Waals surface area contributed by atoms with Gasteiger partial charge in [0.25, 0.3) is 0 Å². The molecule has 6 heteroatoms. The van der Waals surface area contributed by atoms with Crippen molar-refractivity contribution >= 4 is 11.8 Å². The normalized spacial score (nSPS) is 11.3. The summed E-state index contributed by atoms with van der Waals surface area (Å²) in [6.45, 7) is -0.378. The first-order valence-corrected chi connectivity index (χ1v) is 9.77. The predicted octanol–water partition coefficient (Wildman–Crippen LogP) is 4.32. The van der Waals surface area contributed by atoms with Gasteiger partial charge in [-0.1, -0.05) is 36.4 Å². The van der Waals surface area contributed by atoms with Crippen LogP contribution in [0.3, 0.4) is 0 Å². The summed E-state index contributed by atoms with van der Waals surface area (Å²) in [5.74, 6) is 0.0890. The van der Waals surface area contributed by atoms with E-state index in [1.807, 2.05) is 24.3 Å². The fourth-order valence-corrected chi connectivity index (χ4v) is 3.78. The van der Waals surface area contributed by atoms with Crippen LogP contribution in [0.25, 0.3) is 11.1 Å². The van der Waals surface area contributed by atoms with Crippen molar-refractivity contribution in [1.82, 2.24) is 0 Å². The van der Waals surface area contributed by atoms with Gasteiger partial charge in [0.2, 0.25) is 0 Å². The van der Waals surface area contributed by atoms with E-state index in [0.717, 1.165) is 17.5 Å². The molecule has 0 unspecified atom stereocenters. The van der Waals surface area contributed by atoms with E-state index in [9.17, 15) is 9.59 Å². The van der Waals surface area contributed by atoms with Crippen LogP contribution in [-0.2, 0) is 11.2 Å². The molecule has 0 heterocycles. The van der Waals surface area contributed by atoms with Gasteiger partial charge in [-0.3, -0.25) is 4.79 Å². The molecule has 0 bridgehead atoms. The number of methoxy groups -OCH3 is 3. The van der Waals surface area contributed by atoms with E-state index >= 15 is 0 Å². The van der Waals surface area contributed by atoms with Crippen LogP contribution in [-0.4, -0.2) is 39.7 Å². The Balaban J connectivity index is 1.51. The number of benzene rings is 3. The highest BCUT2D eigenvalue weighted by atomic mass is 16.5. The summed E-state index contributed by atoms with van der Waals surface area (Å²) < 4.78 is 21.0. The molecule has 0 aromatic heterocycles. The Bertz CT molecular complexity index is 1160. The summed E-state index contributed by atoms with van der Waals surface area (Å²) in [6.07, 6.45) is 0.855.